The maximum absolute atomic E-state index is 12.4. The topological polar surface area (TPSA) is 84.0 Å². The van der Waals surface area contributed by atoms with E-state index in [0.717, 1.165) is 18.7 Å². The van der Waals surface area contributed by atoms with Gasteiger partial charge in [0.05, 0.1) is 11.3 Å². The molecule has 2 amide bonds. The third-order valence-electron chi connectivity index (χ3n) is 3.63. The van der Waals surface area contributed by atoms with Gasteiger partial charge in [-0.05, 0) is 38.0 Å². The minimum absolute atomic E-state index is 0.159. The lowest BCUT2D eigenvalue weighted by atomic mass is 10.2. The average Bonchev–Trinajstić information content (AvgIpc) is 3.31. The van der Waals surface area contributed by atoms with Crippen molar-refractivity contribution in [2.24, 2.45) is 0 Å². The smallest absolute Gasteiger partial charge is 0.259 e. The molecule has 6 heteroatoms. The number of aryl methyl sites for hydroxylation is 1. The van der Waals surface area contributed by atoms with E-state index in [2.05, 4.69) is 20.6 Å². The summed E-state index contributed by atoms with van der Waals surface area (Å²) >= 11 is 0. The summed E-state index contributed by atoms with van der Waals surface area (Å²) in [6.45, 7) is 3.25. The highest BCUT2D eigenvalue weighted by molar-refractivity contribution is 6.05. The summed E-state index contributed by atoms with van der Waals surface area (Å²) in [6, 6.07) is 6.99. The van der Waals surface area contributed by atoms with Gasteiger partial charge in [-0.2, -0.15) is 0 Å². The number of aromatic nitrogens is 2. The van der Waals surface area contributed by atoms with Crippen LogP contribution in [0, 0.1) is 6.92 Å². The van der Waals surface area contributed by atoms with Gasteiger partial charge in [0.1, 0.15) is 5.82 Å². The molecule has 1 saturated carbocycles. The van der Waals surface area contributed by atoms with Gasteiger partial charge >= 0.3 is 0 Å². The first-order valence-electron chi connectivity index (χ1n) is 7.55. The monoisotopic (exact) mass is 310 g/mol. The zero-order chi connectivity index (χ0) is 16.4. The van der Waals surface area contributed by atoms with Gasteiger partial charge < -0.3 is 10.6 Å². The normalized spacial score (nSPS) is 13.5. The van der Waals surface area contributed by atoms with E-state index in [4.69, 9.17) is 0 Å². The SMILES string of the molecule is CC(=O)Nc1cccc(NC(=O)c2cnc(C3CC3)nc2C)c1. The molecule has 6 nitrogen and oxygen atoms in total. The van der Waals surface area contributed by atoms with Crippen LogP contribution in [0.4, 0.5) is 11.4 Å². The number of rotatable bonds is 4. The van der Waals surface area contributed by atoms with Crippen molar-refractivity contribution in [1.29, 1.82) is 0 Å². The Kier molecular flexibility index (Phi) is 4.06. The van der Waals surface area contributed by atoms with Crippen LogP contribution in [-0.2, 0) is 4.79 Å². The second-order valence-corrected chi connectivity index (χ2v) is 5.72. The third-order valence-corrected chi connectivity index (χ3v) is 3.63. The van der Waals surface area contributed by atoms with E-state index in [1.165, 1.54) is 6.92 Å². The Morgan fingerprint density at radius 2 is 1.87 bits per heavy atom. The van der Waals surface area contributed by atoms with Crippen molar-refractivity contribution >= 4 is 23.2 Å². The van der Waals surface area contributed by atoms with Crippen LogP contribution in [0.15, 0.2) is 30.5 Å². The molecule has 0 saturated heterocycles. The predicted molar refractivity (Wildman–Crippen MR) is 87.4 cm³/mol. The van der Waals surface area contributed by atoms with Crippen molar-refractivity contribution in [2.75, 3.05) is 10.6 Å². The molecular weight excluding hydrogens is 292 g/mol. The minimum Gasteiger partial charge on any atom is -0.326 e. The highest BCUT2D eigenvalue weighted by Crippen LogP contribution is 2.37. The fraction of sp³-hybridized carbons (Fsp3) is 0.294. The molecule has 2 N–H and O–H groups in total. The van der Waals surface area contributed by atoms with Crippen molar-refractivity contribution < 1.29 is 9.59 Å². The number of hydrogen-bond donors (Lipinski definition) is 2. The van der Waals surface area contributed by atoms with Crippen molar-refractivity contribution in [3.8, 4) is 0 Å². The van der Waals surface area contributed by atoms with E-state index in [9.17, 15) is 9.59 Å². The van der Waals surface area contributed by atoms with Crippen LogP contribution in [0.3, 0.4) is 0 Å². The molecule has 1 aromatic carbocycles. The molecule has 1 heterocycles. The highest BCUT2D eigenvalue weighted by Gasteiger charge is 2.27. The Morgan fingerprint density at radius 1 is 1.17 bits per heavy atom. The first kappa shape index (κ1) is 15.1. The molecule has 0 radical (unpaired) electrons. The lowest BCUT2D eigenvalue weighted by molar-refractivity contribution is -0.114. The Morgan fingerprint density at radius 3 is 2.48 bits per heavy atom. The summed E-state index contributed by atoms with van der Waals surface area (Å²) in [6.07, 6.45) is 3.84. The van der Waals surface area contributed by atoms with Crippen molar-refractivity contribution in [3.63, 3.8) is 0 Å². The van der Waals surface area contributed by atoms with Gasteiger partial charge in [-0.15, -0.1) is 0 Å². The van der Waals surface area contributed by atoms with E-state index in [0.29, 0.717) is 28.6 Å². The molecule has 0 aliphatic heterocycles. The van der Waals surface area contributed by atoms with Gasteiger partial charge in [0.25, 0.3) is 5.91 Å². The number of carbonyl (C=O) groups is 2. The van der Waals surface area contributed by atoms with Crippen molar-refractivity contribution in [1.82, 2.24) is 9.97 Å². The minimum atomic E-state index is -0.259. The Labute approximate surface area is 134 Å². The molecule has 1 fully saturated rings. The lowest BCUT2D eigenvalue weighted by Gasteiger charge is -2.09. The zero-order valence-electron chi connectivity index (χ0n) is 13.1. The summed E-state index contributed by atoms with van der Waals surface area (Å²) in [5.41, 5.74) is 2.37. The number of nitrogens with zero attached hydrogens (tertiary/aromatic N) is 2. The number of benzene rings is 1. The number of carbonyl (C=O) groups excluding carboxylic acids is 2. The Balaban J connectivity index is 1.75. The van der Waals surface area contributed by atoms with Crippen LogP contribution in [0.1, 0.15) is 47.6 Å². The third kappa shape index (κ3) is 3.71. The highest BCUT2D eigenvalue weighted by atomic mass is 16.2. The molecule has 118 valence electrons. The van der Waals surface area contributed by atoms with Crippen molar-refractivity contribution in [2.45, 2.75) is 32.6 Å². The molecular formula is C17H18N4O2. The summed E-state index contributed by atoms with van der Waals surface area (Å²) < 4.78 is 0. The van der Waals surface area contributed by atoms with Crippen LogP contribution in [-0.4, -0.2) is 21.8 Å². The fourth-order valence-electron chi connectivity index (χ4n) is 2.32. The molecule has 23 heavy (non-hydrogen) atoms. The van der Waals surface area contributed by atoms with E-state index in [1.54, 1.807) is 30.5 Å². The summed E-state index contributed by atoms with van der Waals surface area (Å²) in [5.74, 6) is 0.866. The first-order valence-corrected chi connectivity index (χ1v) is 7.55. The van der Waals surface area contributed by atoms with Gasteiger partial charge in [-0.1, -0.05) is 6.07 Å². The van der Waals surface area contributed by atoms with E-state index >= 15 is 0 Å². The quantitative estimate of drug-likeness (QED) is 0.909. The molecule has 0 unspecified atom stereocenters. The van der Waals surface area contributed by atoms with Gasteiger partial charge in [-0.25, -0.2) is 9.97 Å². The van der Waals surface area contributed by atoms with Gasteiger partial charge in [0, 0.05) is 30.4 Å². The van der Waals surface area contributed by atoms with Crippen LogP contribution in [0.25, 0.3) is 0 Å². The lowest BCUT2D eigenvalue weighted by Crippen LogP contribution is -2.15. The Hall–Kier alpha value is -2.76. The summed E-state index contributed by atoms with van der Waals surface area (Å²) in [7, 11) is 0. The van der Waals surface area contributed by atoms with E-state index in [-0.39, 0.29) is 11.8 Å². The fourth-order valence-corrected chi connectivity index (χ4v) is 2.32. The molecule has 0 bridgehead atoms. The van der Waals surface area contributed by atoms with E-state index < -0.39 is 0 Å². The number of amides is 2. The molecule has 3 rings (SSSR count). The maximum Gasteiger partial charge on any atom is 0.259 e. The van der Waals surface area contributed by atoms with Crippen LogP contribution in [0.5, 0.6) is 0 Å². The van der Waals surface area contributed by atoms with Gasteiger partial charge in [0.2, 0.25) is 5.91 Å². The molecule has 2 aromatic rings. The predicted octanol–water partition coefficient (Wildman–Crippen LogP) is 2.87. The number of hydrogen-bond acceptors (Lipinski definition) is 4. The molecule has 1 aliphatic rings. The largest absolute Gasteiger partial charge is 0.326 e. The van der Waals surface area contributed by atoms with Crippen LogP contribution < -0.4 is 10.6 Å². The molecule has 1 aliphatic carbocycles. The maximum atomic E-state index is 12.4. The second kappa shape index (κ2) is 6.16. The Bertz CT molecular complexity index is 769. The molecule has 0 atom stereocenters. The molecule has 1 aromatic heterocycles. The zero-order valence-corrected chi connectivity index (χ0v) is 13.1. The standard InChI is InChI=1S/C17H18N4O2/c1-10-15(9-18-16(19-10)12-6-7-12)17(23)21-14-5-3-4-13(8-14)20-11(2)22/h3-5,8-9,12H,6-7H2,1-2H3,(H,20,22)(H,21,23). The van der Waals surface area contributed by atoms with Crippen LogP contribution >= 0.6 is 0 Å². The van der Waals surface area contributed by atoms with Gasteiger partial charge in [-0.3, -0.25) is 9.59 Å². The summed E-state index contributed by atoms with van der Waals surface area (Å²) in [5, 5.41) is 5.49. The number of nitrogens with one attached hydrogen (secondary N) is 2. The summed E-state index contributed by atoms with van der Waals surface area (Å²) in [4.78, 5) is 32.2. The van der Waals surface area contributed by atoms with Crippen molar-refractivity contribution in [3.05, 3.63) is 47.5 Å². The average molecular weight is 310 g/mol. The first-order chi connectivity index (χ1) is 11.0. The molecule has 0 spiro atoms. The van der Waals surface area contributed by atoms with Gasteiger partial charge in [0.15, 0.2) is 0 Å². The number of anilines is 2. The van der Waals surface area contributed by atoms with Crippen LogP contribution in [0.2, 0.25) is 0 Å². The van der Waals surface area contributed by atoms with E-state index in [1.807, 2.05) is 6.92 Å². The second-order valence-electron chi connectivity index (χ2n) is 5.72.